The molecule has 2 aromatic rings. The molecule has 0 amide bonds. The molecule has 0 bridgehead atoms. The van der Waals surface area contributed by atoms with E-state index in [2.05, 4.69) is 5.32 Å². The van der Waals surface area contributed by atoms with Crippen LogP contribution in [0.3, 0.4) is 0 Å². The van der Waals surface area contributed by atoms with Gasteiger partial charge in [-0.1, -0.05) is 6.07 Å². The molecule has 1 heterocycles. The molecule has 116 valence electrons. The number of aromatic hydroxyl groups is 2. The van der Waals surface area contributed by atoms with Gasteiger partial charge in [-0.3, -0.25) is 0 Å². The summed E-state index contributed by atoms with van der Waals surface area (Å²) in [6.07, 6.45) is 0. The Balaban J connectivity index is 2.08. The van der Waals surface area contributed by atoms with Crippen molar-refractivity contribution in [1.82, 2.24) is 5.32 Å². The molecule has 5 heteroatoms. The van der Waals surface area contributed by atoms with Crippen molar-refractivity contribution < 1.29 is 19.7 Å². The summed E-state index contributed by atoms with van der Waals surface area (Å²) in [7, 11) is 3.21. The smallest absolute Gasteiger partial charge is 0.161 e. The average Bonchev–Trinajstić information content (AvgIpc) is 2.53. The van der Waals surface area contributed by atoms with E-state index >= 15 is 0 Å². The third-order valence-electron chi connectivity index (χ3n) is 4.08. The van der Waals surface area contributed by atoms with E-state index in [-0.39, 0.29) is 17.4 Å². The molecule has 1 aliphatic heterocycles. The van der Waals surface area contributed by atoms with Gasteiger partial charge < -0.3 is 25.0 Å². The zero-order valence-electron chi connectivity index (χ0n) is 12.6. The molecule has 22 heavy (non-hydrogen) atoms. The summed E-state index contributed by atoms with van der Waals surface area (Å²) in [5, 5.41) is 23.1. The van der Waals surface area contributed by atoms with Crippen molar-refractivity contribution in [3.05, 3.63) is 47.0 Å². The van der Waals surface area contributed by atoms with Gasteiger partial charge in [-0.15, -0.1) is 0 Å². The van der Waals surface area contributed by atoms with Crippen molar-refractivity contribution in [1.29, 1.82) is 0 Å². The number of rotatable bonds is 3. The quantitative estimate of drug-likeness (QED) is 0.812. The van der Waals surface area contributed by atoms with Gasteiger partial charge in [0.25, 0.3) is 0 Å². The molecule has 0 saturated heterocycles. The Hall–Kier alpha value is -2.40. The number of fused-ring (bicyclic) bond motifs is 1. The molecule has 0 aliphatic carbocycles. The minimum atomic E-state index is 0.0292. The maximum Gasteiger partial charge on any atom is 0.161 e. The van der Waals surface area contributed by atoms with Crippen LogP contribution in [0.15, 0.2) is 30.3 Å². The molecule has 2 aromatic carbocycles. The van der Waals surface area contributed by atoms with Crippen LogP contribution in [-0.4, -0.2) is 31.0 Å². The minimum absolute atomic E-state index is 0.0292. The summed E-state index contributed by atoms with van der Waals surface area (Å²) in [5.74, 6) is 1.56. The standard InChI is InChI=1S/C17H19NO4/c1-21-16-4-3-10(5-17(16)22-2)13-8-18-9-14-12(13)6-11(19)7-15(14)20/h3-7,13,18-20H,8-9H2,1-2H3. The van der Waals surface area contributed by atoms with Crippen molar-refractivity contribution in [3.63, 3.8) is 0 Å². The summed E-state index contributed by atoms with van der Waals surface area (Å²) in [4.78, 5) is 0. The Morgan fingerprint density at radius 1 is 1.05 bits per heavy atom. The number of benzene rings is 2. The highest BCUT2D eigenvalue weighted by atomic mass is 16.5. The molecule has 0 spiro atoms. The monoisotopic (exact) mass is 301 g/mol. The molecule has 0 radical (unpaired) electrons. The van der Waals surface area contributed by atoms with E-state index in [1.54, 1.807) is 20.3 Å². The Morgan fingerprint density at radius 3 is 2.55 bits per heavy atom. The van der Waals surface area contributed by atoms with E-state index in [0.717, 1.165) is 23.2 Å². The zero-order valence-corrected chi connectivity index (χ0v) is 12.6. The third kappa shape index (κ3) is 2.44. The topological polar surface area (TPSA) is 71.0 Å². The average molecular weight is 301 g/mol. The SMILES string of the molecule is COc1ccc(C2CNCc3c(O)cc(O)cc32)cc1OC. The van der Waals surface area contributed by atoms with Gasteiger partial charge >= 0.3 is 0 Å². The number of nitrogens with one attached hydrogen (secondary N) is 1. The van der Waals surface area contributed by atoms with E-state index in [1.807, 2.05) is 18.2 Å². The lowest BCUT2D eigenvalue weighted by atomic mass is 9.85. The Bertz CT molecular complexity index is 699. The third-order valence-corrected chi connectivity index (χ3v) is 4.08. The lowest BCUT2D eigenvalue weighted by Gasteiger charge is -2.28. The molecule has 5 nitrogen and oxygen atoms in total. The highest BCUT2D eigenvalue weighted by Gasteiger charge is 2.25. The van der Waals surface area contributed by atoms with Crippen molar-refractivity contribution in [2.24, 2.45) is 0 Å². The van der Waals surface area contributed by atoms with Gasteiger partial charge in [0.2, 0.25) is 0 Å². The summed E-state index contributed by atoms with van der Waals surface area (Å²) in [6.45, 7) is 1.32. The van der Waals surface area contributed by atoms with Crippen molar-refractivity contribution >= 4 is 0 Å². The van der Waals surface area contributed by atoms with E-state index in [9.17, 15) is 10.2 Å². The molecule has 3 N–H and O–H groups in total. The van der Waals surface area contributed by atoms with Gasteiger partial charge in [0, 0.05) is 30.6 Å². The second-order valence-corrected chi connectivity index (χ2v) is 5.33. The first-order valence-electron chi connectivity index (χ1n) is 7.11. The van der Waals surface area contributed by atoms with Gasteiger partial charge in [0.15, 0.2) is 11.5 Å². The summed E-state index contributed by atoms with van der Waals surface area (Å²) in [6, 6.07) is 8.87. The fraction of sp³-hybridized carbons (Fsp3) is 0.294. The van der Waals surface area contributed by atoms with Crippen molar-refractivity contribution in [2.75, 3.05) is 20.8 Å². The highest BCUT2D eigenvalue weighted by molar-refractivity contribution is 5.53. The van der Waals surface area contributed by atoms with Crippen LogP contribution < -0.4 is 14.8 Å². The summed E-state index contributed by atoms with van der Waals surface area (Å²) < 4.78 is 10.6. The lowest BCUT2D eigenvalue weighted by molar-refractivity contribution is 0.354. The fourth-order valence-electron chi connectivity index (χ4n) is 2.99. The van der Waals surface area contributed by atoms with Crippen LogP contribution in [0.4, 0.5) is 0 Å². The zero-order chi connectivity index (χ0) is 15.7. The molecule has 3 rings (SSSR count). The number of phenolic OH excluding ortho intramolecular Hbond substituents is 2. The van der Waals surface area contributed by atoms with Gasteiger partial charge in [-0.05, 0) is 29.3 Å². The Morgan fingerprint density at radius 2 is 1.82 bits per heavy atom. The van der Waals surface area contributed by atoms with E-state index in [0.29, 0.717) is 18.0 Å². The number of phenols is 2. The minimum Gasteiger partial charge on any atom is -0.508 e. The number of hydrogen-bond donors (Lipinski definition) is 3. The van der Waals surface area contributed by atoms with Gasteiger partial charge in [0.1, 0.15) is 11.5 Å². The molecule has 1 atom stereocenters. The van der Waals surface area contributed by atoms with Crippen LogP contribution in [0.2, 0.25) is 0 Å². The molecule has 0 aromatic heterocycles. The van der Waals surface area contributed by atoms with E-state index in [4.69, 9.17) is 9.47 Å². The molecule has 0 saturated carbocycles. The summed E-state index contributed by atoms with van der Waals surface area (Å²) in [5.41, 5.74) is 2.79. The first kappa shape index (κ1) is 14.5. The van der Waals surface area contributed by atoms with Gasteiger partial charge in [-0.2, -0.15) is 0 Å². The van der Waals surface area contributed by atoms with Crippen molar-refractivity contribution in [2.45, 2.75) is 12.5 Å². The predicted molar refractivity (Wildman–Crippen MR) is 82.9 cm³/mol. The number of methoxy groups -OCH3 is 2. The van der Waals surface area contributed by atoms with E-state index < -0.39 is 0 Å². The Kier molecular flexibility index (Phi) is 3.81. The van der Waals surface area contributed by atoms with Gasteiger partial charge in [-0.25, -0.2) is 0 Å². The molecule has 0 fully saturated rings. The molecule has 1 unspecified atom stereocenters. The van der Waals surface area contributed by atoms with Crippen LogP contribution in [0.25, 0.3) is 0 Å². The molecular formula is C17H19NO4. The normalized spacial score (nSPS) is 16.9. The van der Waals surface area contributed by atoms with Crippen molar-refractivity contribution in [3.8, 4) is 23.0 Å². The van der Waals surface area contributed by atoms with E-state index in [1.165, 1.54) is 6.07 Å². The van der Waals surface area contributed by atoms with Gasteiger partial charge in [0.05, 0.1) is 14.2 Å². The van der Waals surface area contributed by atoms with Crippen LogP contribution in [0, 0.1) is 0 Å². The fourth-order valence-corrected chi connectivity index (χ4v) is 2.99. The highest BCUT2D eigenvalue weighted by Crippen LogP contribution is 2.39. The maximum absolute atomic E-state index is 10.0. The molecule has 1 aliphatic rings. The second-order valence-electron chi connectivity index (χ2n) is 5.33. The number of ether oxygens (including phenoxy) is 2. The lowest BCUT2D eigenvalue weighted by Crippen LogP contribution is -2.28. The predicted octanol–water partition coefficient (Wildman–Crippen LogP) is 2.35. The Labute approximate surface area is 129 Å². The van der Waals surface area contributed by atoms with Crippen LogP contribution in [-0.2, 0) is 6.54 Å². The van der Waals surface area contributed by atoms with Crippen LogP contribution >= 0.6 is 0 Å². The summed E-state index contributed by atoms with van der Waals surface area (Å²) >= 11 is 0. The largest absolute Gasteiger partial charge is 0.508 e. The number of hydrogen-bond acceptors (Lipinski definition) is 5. The van der Waals surface area contributed by atoms with Crippen LogP contribution in [0.5, 0.6) is 23.0 Å². The van der Waals surface area contributed by atoms with Crippen LogP contribution in [0.1, 0.15) is 22.6 Å². The maximum atomic E-state index is 10.0. The second kappa shape index (κ2) is 5.77. The molecular weight excluding hydrogens is 282 g/mol. The first-order chi connectivity index (χ1) is 10.6. The first-order valence-corrected chi connectivity index (χ1v) is 7.11.